The molecule has 0 bridgehead atoms. The van der Waals surface area contributed by atoms with E-state index in [0.29, 0.717) is 5.92 Å². The van der Waals surface area contributed by atoms with Crippen molar-refractivity contribution in [3.63, 3.8) is 0 Å². The number of aliphatic hydroxyl groups excluding tert-OH is 1. The minimum atomic E-state index is 0.100. The zero-order chi connectivity index (χ0) is 14.2. The van der Waals surface area contributed by atoms with Gasteiger partial charge in [0, 0.05) is 34.8 Å². The van der Waals surface area contributed by atoms with Crippen molar-refractivity contribution in [3.8, 4) is 0 Å². The van der Waals surface area contributed by atoms with Gasteiger partial charge in [-0.05, 0) is 34.7 Å². The van der Waals surface area contributed by atoms with Crippen LogP contribution in [-0.2, 0) is 13.2 Å². The Morgan fingerprint density at radius 3 is 2.95 bits per heavy atom. The highest BCUT2D eigenvalue weighted by Gasteiger charge is 2.23. The van der Waals surface area contributed by atoms with Crippen LogP contribution in [0.2, 0.25) is 0 Å². The largest absolute Gasteiger partial charge is 0.392 e. The first kappa shape index (κ1) is 13.0. The molecule has 2 nitrogen and oxygen atoms in total. The molecular weight excluding hydrogens is 278 g/mol. The summed E-state index contributed by atoms with van der Waals surface area (Å²) in [5, 5.41) is 10.6. The maximum absolute atomic E-state index is 9.33. The van der Waals surface area contributed by atoms with E-state index >= 15 is 0 Å². The molecule has 0 saturated heterocycles. The fraction of sp³-hybridized carbons (Fsp3) is 0.222. The van der Waals surface area contributed by atoms with E-state index in [4.69, 9.17) is 0 Å². The lowest BCUT2D eigenvalue weighted by Gasteiger charge is -2.13. The summed E-state index contributed by atoms with van der Waals surface area (Å²) in [5.41, 5.74) is 3.67. The molecule has 1 atom stereocenters. The molecule has 1 N–H and O–H groups in total. The molecule has 1 aromatic heterocycles. The SMILES string of the molecule is OCc1ccc2ccn(CC3CSc4ccccc43)c2c1. The van der Waals surface area contributed by atoms with Gasteiger partial charge in [-0.2, -0.15) is 0 Å². The van der Waals surface area contributed by atoms with Gasteiger partial charge in [-0.1, -0.05) is 30.3 Å². The van der Waals surface area contributed by atoms with Gasteiger partial charge in [-0.3, -0.25) is 0 Å². The fourth-order valence-corrected chi connectivity index (χ4v) is 4.35. The molecule has 0 fully saturated rings. The number of hydrogen-bond donors (Lipinski definition) is 1. The van der Waals surface area contributed by atoms with Gasteiger partial charge in [0.2, 0.25) is 0 Å². The van der Waals surface area contributed by atoms with Gasteiger partial charge in [0.1, 0.15) is 0 Å². The normalized spacial score (nSPS) is 17.3. The predicted octanol–water partition coefficient (Wildman–Crippen LogP) is 4.02. The number of thioether (sulfide) groups is 1. The molecule has 0 radical (unpaired) electrons. The molecule has 2 heterocycles. The lowest BCUT2D eigenvalue weighted by molar-refractivity contribution is 0.282. The van der Waals surface area contributed by atoms with Crippen molar-refractivity contribution in [2.24, 2.45) is 0 Å². The van der Waals surface area contributed by atoms with Crippen LogP contribution in [0.3, 0.4) is 0 Å². The number of aromatic nitrogens is 1. The Labute approximate surface area is 128 Å². The first-order chi connectivity index (χ1) is 10.3. The Hall–Kier alpha value is -1.71. The second-order valence-corrected chi connectivity index (χ2v) is 6.63. The molecule has 0 amide bonds. The van der Waals surface area contributed by atoms with Crippen LogP contribution in [0.1, 0.15) is 17.0 Å². The third-order valence-electron chi connectivity index (χ3n) is 4.24. The van der Waals surface area contributed by atoms with Crippen molar-refractivity contribution < 1.29 is 5.11 Å². The van der Waals surface area contributed by atoms with E-state index in [-0.39, 0.29) is 6.61 Å². The predicted molar refractivity (Wildman–Crippen MR) is 87.8 cm³/mol. The van der Waals surface area contributed by atoms with Gasteiger partial charge in [0.05, 0.1) is 6.61 Å². The van der Waals surface area contributed by atoms with E-state index in [0.717, 1.165) is 17.9 Å². The maximum Gasteiger partial charge on any atom is 0.0682 e. The molecule has 1 aliphatic rings. The number of aliphatic hydroxyl groups is 1. The van der Waals surface area contributed by atoms with Crippen LogP contribution in [0, 0.1) is 0 Å². The lowest BCUT2D eigenvalue weighted by Crippen LogP contribution is -2.07. The van der Waals surface area contributed by atoms with Crippen molar-refractivity contribution in [2.75, 3.05) is 5.75 Å². The Kier molecular flexibility index (Phi) is 3.24. The van der Waals surface area contributed by atoms with E-state index in [2.05, 4.69) is 53.2 Å². The van der Waals surface area contributed by atoms with Crippen LogP contribution in [0.15, 0.2) is 59.6 Å². The smallest absolute Gasteiger partial charge is 0.0682 e. The molecule has 0 aliphatic carbocycles. The second-order valence-electron chi connectivity index (χ2n) is 5.57. The summed E-state index contributed by atoms with van der Waals surface area (Å²) in [6.45, 7) is 1.10. The molecule has 2 aromatic carbocycles. The summed E-state index contributed by atoms with van der Waals surface area (Å²) in [4.78, 5) is 1.43. The molecule has 106 valence electrons. The summed E-state index contributed by atoms with van der Waals surface area (Å²) in [6.07, 6.45) is 2.16. The summed E-state index contributed by atoms with van der Waals surface area (Å²) >= 11 is 1.96. The third kappa shape index (κ3) is 2.27. The van der Waals surface area contributed by atoms with Gasteiger partial charge in [-0.25, -0.2) is 0 Å². The zero-order valence-corrected chi connectivity index (χ0v) is 12.5. The van der Waals surface area contributed by atoms with E-state index in [9.17, 15) is 5.11 Å². The summed E-state index contributed by atoms with van der Waals surface area (Å²) in [7, 11) is 0. The number of fused-ring (bicyclic) bond motifs is 2. The Morgan fingerprint density at radius 2 is 2.05 bits per heavy atom. The minimum absolute atomic E-state index is 0.100. The van der Waals surface area contributed by atoms with Gasteiger partial charge in [0.15, 0.2) is 0 Å². The van der Waals surface area contributed by atoms with Crippen LogP contribution in [-0.4, -0.2) is 15.4 Å². The maximum atomic E-state index is 9.33. The van der Waals surface area contributed by atoms with Crippen molar-refractivity contribution in [1.82, 2.24) is 4.57 Å². The summed E-state index contributed by atoms with van der Waals surface area (Å²) in [5.74, 6) is 1.72. The molecular formula is C18H17NOS. The van der Waals surface area contributed by atoms with Crippen molar-refractivity contribution >= 4 is 22.7 Å². The molecule has 3 aromatic rings. The fourth-order valence-electron chi connectivity index (χ4n) is 3.10. The van der Waals surface area contributed by atoms with Crippen LogP contribution in [0.4, 0.5) is 0 Å². The molecule has 1 aliphatic heterocycles. The van der Waals surface area contributed by atoms with E-state index < -0.39 is 0 Å². The van der Waals surface area contributed by atoms with Crippen LogP contribution in [0.5, 0.6) is 0 Å². The minimum Gasteiger partial charge on any atom is -0.392 e. The first-order valence-corrected chi connectivity index (χ1v) is 8.24. The molecule has 0 spiro atoms. The topological polar surface area (TPSA) is 25.2 Å². The quantitative estimate of drug-likeness (QED) is 0.789. The molecule has 21 heavy (non-hydrogen) atoms. The number of hydrogen-bond acceptors (Lipinski definition) is 2. The van der Waals surface area contributed by atoms with E-state index in [1.165, 1.54) is 21.4 Å². The van der Waals surface area contributed by atoms with Crippen LogP contribution in [0.25, 0.3) is 10.9 Å². The van der Waals surface area contributed by atoms with E-state index in [1.54, 1.807) is 0 Å². The standard InChI is InChI=1S/C18H17NOS/c20-11-13-5-6-14-7-8-19(17(14)9-13)10-15-12-21-18-4-2-1-3-16(15)18/h1-9,15,20H,10-12H2. The van der Waals surface area contributed by atoms with Gasteiger partial charge in [0.25, 0.3) is 0 Å². The Balaban J connectivity index is 1.69. The second kappa shape index (κ2) is 5.24. The van der Waals surface area contributed by atoms with E-state index in [1.807, 2.05) is 17.8 Å². The van der Waals surface area contributed by atoms with Crippen LogP contribution < -0.4 is 0 Å². The Morgan fingerprint density at radius 1 is 1.14 bits per heavy atom. The molecule has 3 heteroatoms. The van der Waals surface area contributed by atoms with Crippen LogP contribution >= 0.6 is 11.8 Å². The highest BCUT2D eigenvalue weighted by atomic mass is 32.2. The van der Waals surface area contributed by atoms with Gasteiger partial charge in [-0.15, -0.1) is 11.8 Å². The number of benzene rings is 2. The first-order valence-electron chi connectivity index (χ1n) is 7.25. The monoisotopic (exact) mass is 295 g/mol. The van der Waals surface area contributed by atoms with Crippen molar-refractivity contribution in [1.29, 1.82) is 0 Å². The zero-order valence-electron chi connectivity index (χ0n) is 11.7. The highest BCUT2D eigenvalue weighted by molar-refractivity contribution is 7.99. The number of nitrogens with zero attached hydrogens (tertiary/aromatic N) is 1. The molecule has 4 rings (SSSR count). The molecule has 0 saturated carbocycles. The lowest BCUT2D eigenvalue weighted by atomic mass is 10.0. The Bertz CT molecular complexity index is 793. The van der Waals surface area contributed by atoms with Crippen molar-refractivity contribution in [3.05, 3.63) is 65.9 Å². The summed E-state index contributed by atoms with van der Waals surface area (Å²) < 4.78 is 2.32. The van der Waals surface area contributed by atoms with Gasteiger partial charge < -0.3 is 9.67 Å². The highest BCUT2D eigenvalue weighted by Crippen LogP contribution is 2.40. The molecule has 1 unspecified atom stereocenters. The summed E-state index contributed by atoms with van der Waals surface area (Å²) in [6, 6.07) is 17.1. The van der Waals surface area contributed by atoms with Crippen molar-refractivity contribution in [2.45, 2.75) is 24.0 Å². The average molecular weight is 295 g/mol. The average Bonchev–Trinajstić information content (AvgIpc) is 3.12. The third-order valence-corrected chi connectivity index (χ3v) is 5.49. The number of rotatable bonds is 3. The van der Waals surface area contributed by atoms with Gasteiger partial charge >= 0.3 is 0 Å².